The van der Waals surface area contributed by atoms with E-state index in [1.807, 2.05) is 6.26 Å². The number of hydrogen-bond acceptors (Lipinski definition) is 7. The van der Waals surface area contributed by atoms with Crippen molar-refractivity contribution in [1.29, 1.82) is 0 Å². The maximum Gasteiger partial charge on any atom is 0.190 e. The van der Waals surface area contributed by atoms with E-state index in [2.05, 4.69) is 29.1 Å². The second-order valence-corrected chi connectivity index (χ2v) is 7.87. The zero-order chi connectivity index (χ0) is 16.4. The molecule has 1 atom stereocenters. The Morgan fingerprint density at radius 2 is 2.26 bits per heavy atom. The van der Waals surface area contributed by atoms with Crippen molar-refractivity contribution in [2.75, 3.05) is 24.7 Å². The molecule has 0 aromatic carbocycles. The van der Waals surface area contributed by atoms with E-state index in [0.717, 1.165) is 34.0 Å². The van der Waals surface area contributed by atoms with Crippen LogP contribution in [0, 0.1) is 0 Å². The van der Waals surface area contributed by atoms with Gasteiger partial charge in [0, 0.05) is 24.4 Å². The van der Waals surface area contributed by atoms with E-state index in [1.165, 1.54) is 10.4 Å². The summed E-state index contributed by atoms with van der Waals surface area (Å²) in [5, 5.41) is 14.3. The van der Waals surface area contributed by atoms with Crippen LogP contribution in [0.2, 0.25) is 0 Å². The third-order valence-corrected chi connectivity index (χ3v) is 6.02. The van der Waals surface area contributed by atoms with Crippen molar-refractivity contribution < 1.29 is 9.84 Å². The first-order valence-electron chi connectivity index (χ1n) is 7.95. The van der Waals surface area contributed by atoms with Gasteiger partial charge in [-0.2, -0.15) is 0 Å². The molecule has 3 rings (SSSR count). The number of fused-ring (bicyclic) bond motifs is 3. The SMILES string of the molecule is CCC1(C)Cc2c(sc3nc(SC)nc(NCCCO)c23)CO1. The number of thiophene rings is 1. The number of nitrogens with zero attached hydrogens (tertiary/aromatic N) is 2. The van der Waals surface area contributed by atoms with Gasteiger partial charge in [-0.15, -0.1) is 11.3 Å². The molecule has 7 heteroatoms. The fourth-order valence-corrected chi connectivity index (χ4v) is 4.31. The predicted molar refractivity (Wildman–Crippen MR) is 96.6 cm³/mol. The summed E-state index contributed by atoms with van der Waals surface area (Å²) in [6.45, 7) is 5.89. The van der Waals surface area contributed by atoms with E-state index in [9.17, 15) is 0 Å². The molecule has 0 aliphatic carbocycles. The molecule has 1 aliphatic heterocycles. The van der Waals surface area contributed by atoms with Crippen LogP contribution in [0.1, 0.15) is 37.1 Å². The predicted octanol–water partition coefficient (Wildman–Crippen LogP) is 3.45. The molecule has 1 unspecified atom stereocenters. The minimum atomic E-state index is -0.110. The van der Waals surface area contributed by atoms with Gasteiger partial charge in [0.1, 0.15) is 10.6 Å². The van der Waals surface area contributed by atoms with Crippen LogP contribution >= 0.6 is 23.1 Å². The number of aliphatic hydroxyl groups is 1. The molecule has 3 heterocycles. The minimum Gasteiger partial charge on any atom is -0.396 e. The van der Waals surface area contributed by atoms with E-state index >= 15 is 0 Å². The minimum absolute atomic E-state index is 0.110. The van der Waals surface area contributed by atoms with Crippen molar-refractivity contribution in [2.45, 2.75) is 50.5 Å². The van der Waals surface area contributed by atoms with Crippen molar-refractivity contribution in [1.82, 2.24) is 9.97 Å². The molecule has 2 N–H and O–H groups in total. The summed E-state index contributed by atoms with van der Waals surface area (Å²) in [5.74, 6) is 0.894. The van der Waals surface area contributed by atoms with Gasteiger partial charge in [0.05, 0.1) is 17.6 Å². The molecule has 0 spiro atoms. The molecule has 0 amide bonds. The maximum atomic E-state index is 9.02. The molecule has 23 heavy (non-hydrogen) atoms. The number of hydrogen-bond donors (Lipinski definition) is 2. The molecular formula is C16H23N3O2S2. The first kappa shape index (κ1) is 17.0. The molecule has 126 valence electrons. The summed E-state index contributed by atoms with van der Waals surface area (Å²) in [4.78, 5) is 11.7. The average Bonchev–Trinajstić information content (AvgIpc) is 2.92. The summed E-state index contributed by atoms with van der Waals surface area (Å²) in [6.07, 6.45) is 4.59. The third kappa shape index (κ3) is 3.33. The Hall–Kier alpha value is -0.890. The van der Waals surface area contributed by atoms with E-state index in [0.29, 0.717) is 19.6 Å². The largest absolute Gasteiger partial charge is 0.396 e. The van der Waals surface area contributed by atoms with Gasteiger partial charge >= 0.3 is 0 Å². The van der Waals surface area contributed by atoms with Gasteiger partial charge in [-0.05, 0) is 31.6 Å². The molecule has 0 saturated heterocycles. The quantitative estimate of drug-likeness (QED) is 0.471. The lowest BCUT2D eigenvalue weighted by molar-refractivity contribution is -0.0542. The lowest BCUT2D eigenvalue weighted by Crippen LogP contribution is -2.34. The van der Waals surface area contributed by atoms with Crippen molar-refractivity contribution >= 4 is 39.1 Å². The van der Waals surface area contributed by atoms with E-state index < -0.39 is 0 Å². The molecule has 0 saturated carbocycles. The van der Waals surface area contributed by atoms with Gasteiger partial charge in [0.25, 0.3) is 0 Å². The van der Waals surface area contributed by atoms with Crippen LogP contribution in [-0.2, 0) is 17.8 Å². The van der Waals surface area contributed by atoms with Crippen molar-refractivity contribution in [3.8, 4) is 0 Å². The lowest BCUT2D eigenvalue weighted by Gasteiger charge is -2.33. The fraction of sp³-hybridized carbons (Fsp3) is 0.625. The number of ether oxygens (including phenoxy) is 1. The highest BCUT2D eigenvalue weighted by Gasteiger charge is 2.33. The van der Waals surface area contributed by atoms with E-state index in [4.69, 9.17) is 9.84 Å². The summed E-state index contributed by atoms with van der Waals surface area (Å²) in [6, 6.07) is 0. The van der Waals surface area contributed by atoms with Gasteiger partial charge in [0.15, 0.2) is 5.16 Å². The number of aromatic nitrogens is 2. The topological polar surface area (TPSA) is 67.3 Å². The van der Waals surface area contributed by atoms with E-state index in [1.54, 1.807) is 23.1 Å². The Morgan fingerprint density at radius 3 is 2.96 bits per heavy atom. The monoisotopic (exact) mass is 353 g/mol. The molecule has 1 aliphatic rings. The third-order valence-electron chi connectivity index (χ3n) is 4.37. The number of rotatable bonds is 6. The molecular weight excluding hydrogens is 330 g/mol. The zero-order valence-corrected chi connectivity index (χ0v) is 15.4. The highest BCUT2D eigenvalue weighted by Crippen LogP contribution is 2.42. The molecule has 5 nitrogen and oxygen atoms in total. The fourth-order valence-electron chi connectivity index (χ4n) is 2.78. The first-order chi connectivity index (χ1) is 11.1. The van der Waals surface area contributed by atoms with Crippen LogP contribution in [0.25, 0.3) is 10.2 Å². The van der Waals surface area contributed by atoms with Gasteiger partial charge in [0.2, 0.25) is 0 Å². The lowest BCUT2D eigenvalue weighted by atomic mass is 9.90. The summed E-state index contributed by atoms with van der Waals surface area (Å²) in [5.41, 5.74) is 1.22. The highest BCUT2D eigenvalue weighted by molar-refractivity contribution is 7.98. The smallest absolute Gasteiger partial charge is 0.190 e. The average molecular weight is 354 g/mol. The molecule has 0 bridgehead atoms. The van der Waals surface area contributed by atoms with E-state index in [-0.39, 0.29) is 12.2 Å². The van der Waals surface area contributed by atoms with Crippen LogP contribution in [0.15, 0.2) is 5.16 Å². The Balaban J connectivity index is 2.07. The number of anilines is 1. The highest BCUT2D eigenvalue weighted by atomic mass is 32.2. The number of aliphatic hydroxyl groups excluding tert-OH is 1. The summed E-state index contributed by atoms with van der Waals surface area (Å²) in [7, 11) is 0. The molecule has 2 aromatic heterocycles. The Labute approximate surface area is 144 Å². The maximum absolute atomic E-state index is 9.02. The second kappa shape index (κ2) is 6.93. The van der Waals surface area contributed by atoms with Crippen LogP contribution in [0.3, 0.4) is 0 Å². The van der Waals surface area contributed by atoms with Gasteiger partial charge in [-0.3, -0.25) is 0 Å². The zero-order valence-electron chi connectivity index (χ0n) is 13.8. The summed E-state index contributed by atoms with van der Waals surface area (Å²) < 4.78 is 6.07. The Bertz CT molecular complexity index is 704. The number of thioether (sulfide) groups is 1. The molecule has 0 radical (unpaired) electrons. The first-order valence-corrected chi connectivity index (χ1v) is 9.99. The second-order valence-electron chi connectivity index (χ2n) is 6.02. The van der Waals surface area contributed by atoms with Gasteiger partial charge in [-0.1, -0.05) is 18.7 Å². The normalized spacial score (nSPS) is 20.7. The van der Waals surface area contributed by atoms with Crippen LogP contribution in [0.4, 0.5) is 5.82 Å². The standard InChI is InChI=1S/C16H23N3O2S2/c1-4-16(2)8-10-11(9-21-16)23-14-12(10)13(17-6-5-7-20)18-15(19-14)22-3/h20H,4-9H2,1-3H3,(H,17,18,19). The van der Waals surface area contributed by atoms with Crippen molar-refractivity contribution in [3.63, 3.8) is 0 Å². The Morgan fingerprint density at radius 1 is 1.43 bits per heavy atom. The number of nitrogens with one attached hydrogen (secondary N) is 1. The summed E-state index contributed by atoms with van der Waals surface area (Å²) >= 11 is 3.27. The van der Waals surface area contributed by atoms with Gasteiger partial charge in [-0.25, -0.2) is 9.97 Å². The Kier molecular flexibility index (Phi) is 5.10. The molecule has 0 fully saturated rings. The van der Waals surface area contributed by atoms with Gasteiger partial charge < -0.3 is 15.2 Å². The van der Waals surface area contributed by atoms with Crippen molar-refractivity contribution in [2.24, 2.45) is 0 Å². The van der Waals surface area contributed by atoms with Crippen LogP contribution < -0.4 is 5.32 Å². The molecule has 2 aromatic rings. The van der Waals surface area contributed by atoms with Crippen LogP contribution in [-0.4, -0.2) is 40.1 Å². The van der Waals surface area contributed by atoms with Crippen LogP contribution in [0.5, 0.6) is 0 Å². The van der Waals surface area contributed by atoms with Crippen molar-refractivity contribution in [3.05, 3.63) is 10.4 Å².